The van der Waals surface area contributed by atoms with E-state index in [0.29, 0.717) is 10.7 Å². The lowest BCUT2D eigenvalue weighted by atomic mass is 9.95. The molecule has 5 nitrogen and oxygen atoms in total. The molecule has 3 aromatic carbocycles. The largest absolute Gasteiger partial charge is 0.507 e. The lowest BCUT2D eigenvalue weighted by Gasteiger charge is -2.22. The molecule has 1 atom stereocenters. The number of aliphatic hydroxyl groups is 1. The van der Waals surface area contributed by atoms with Crippen molar-refractivity contribution >= 4 is 44.1 Å². The van der Waals surface area contributed by atoms with Crippen LogP contribution in [0, 0.1) is 6.92 Å². The van der Waals surface area contributed by atoms with Crippen LogP contribution in [0.3, 0.4) is 0 Å². The van der Waals surface area contributed by atoms with Crippen molar-refractivity contribution < 1.29 is 14.7 Å². The zero-order valence-corrected chi connectivity index (χ0v) is 17.5. The number of rotatable bonds is 3. The Bertz CT molecular complexity index is 1340. The van der Waals surface area contributed by atoms with E-state index >= 15 is 0 Å². The maximum Gasteiger partial charge on any atom is 0.301 e. The third-order valence-electron chi connectivity index (χ3n) is 5.35. The Labute approximate surface area is 182 Å². The highest BCUT2D eigenvalue weighted by Crippen LogP contribution is 2.44. The molecule has 0 spiro atoms. The van der Waals surface area contributed by atoms with Crippen LogP contribution in [0.5, 0.6) is 0 Å². The molecule has 1 fully saturated rings. The number of ketones is 1. The van der Waals surface area contributed by atoms with Gasteiger partial charge >= 0.3 is 5.91 Å². The first kappa shape index (κ1) is 19.2. The first-order chi connectivity index (χ1) is 15.0. The maximum absolute atomic E-state index is 13.2. The summed E-state index contributed by atoms with van der Waals surface area (Å²) >= 11 is 1.36. The maximum atomic E-state index is 13.2. The number of hydrogen-bond acceptors (Lipinski definition) is 5. The molecule has 4 aromatic rings. The molecule has 5 rings (SSSR count). The lowest BCUT2D eigenvalue weighted by Crippen LogP contribution is -2.29. The Kier molecular flexibility index (Phi) is 4.64. The van der Waals surface area contributed by atoms with E-state index in [4.69, 9.17) is 0 Å². The van der Waals surface area contributed by atoms with Crippen LogP contribution in [0.15, 0.2) is 84.4 Å². The molecule has 1 aliphatic rings. The van der Waals surface area contributed by atoms with Crippen LogP contribution in [0.1, 0.15) is 22.7 Å². The van der Waals surface area contributed by atoms with Gasteiger partial charge in [-0.2, -0.15) is 0 Å². The number of benzene rings is 3. The zero-order valence-electron chi connectivity index (χ0n) is 16.6. The second-order valence-electron chi connectivity index (χ2n) is 7.41. The average molecular weight is 426 g/mol. The molecule has 6 heteroatoms. The number of carbonyl (C=O) groups is 2. The van der Waals surface area contributed by atoms with E-state index in [1.165, 1.54) is 16.2 Å². The van der Waals surface area contributed by atoms with Gasteiger partial charge in [-0.25, -0.2) is 4.98 Å². The van der Waals surface area contributed by atoms with Crippen molar-refractivity contribution in [2.45, 2.75) is 13.0 Å². The van der Waals surface area contributed by atoms with Crippen LogP contribution < -0.4 is 4.90 Å². The van der Waals surface area contributed by atoms with E-state index in [1.54, 1.807) is 24.3 Å². The van der Waals surface area contributed by atoms with Gasteiger partial charge < -0.3 is 5.11 Å². The number of thiazole rings is 1. The molecule has 31 heavy (non-hydrogen) atoms. The van der Waals surface area contributed by atoms with Gasteiger partial charge in [0.2, 0.25) is 0 Å². The second-order valence-corrected chi connectivity index (χ2v) is 8.42. The van der Waals surface area contributed by atoms with Crippen molar-refractivity contribution in [2.75, 3.05) is 4.90 Å². The third-order valence-corrected chi connectivity index (χ3v) is 6.36. The quantitative estimate of drug-likeness (QED) is 0.277. The second kappa shape index (κ2) is 7.49. The summed E-state index contributed by atoms with van der Waals surface area (Å²) in [5.41, 5.74) is 3.14. The van der Waals surface area contributed by atoms with Gasteiger partial charge in [0, 0.05) is 5.56 Å². The third kappa shape index (κ3) is 3.21. The molecule has 1 N–H and O–H groups in total. The Hall–Kier alpha value is -3.77. The van der Waals surface area contributed by atoms with Crippen molar-refractivity contribution in [3.8, 4) is 0 Å². The van der Waals surface area contributed by atoms with Gasteiger partial charge in [-0.15, -0.1) is 0 Å². The van der Waals surface area contributed by atoms with Gasteiger partial charge in [0.05, 0.1) is 21.8 Å². The Morgan fingerprint density at radius 3 is 2.35 bits per heavy atom. The molecule has 1 amide bonds. The molecule has 152 valence electrons. The molecule has 1 aliphatic heterocycles. The molecule has 2 heterocycles. The summed E-state index contributed by atoms with van der Waals surface area (Å²) in [6.45, 7) is 1.99. The minimum Gasteiger partial charge on any atom is -0.507 e. The highest BCUT2D eigenvalue weighted by atomic mass is 32.1. The molecular weight excluding hydrogens is 408 g/mol. The van der Waals surface area contributed by atoms with Crippen LogP contribution in [-0.2, 0) is 9.59 Å². The van der Waals surface area contributed by atoms with E-state index in [9.17, 15) is 14.7 Å². The van der Waals surface area contributed by atoms with Gasteiger partial charge in [0.25, 0.3) is 5.78 Å². The molecule has 0 bridgehead atoms. The normalized spacial score (nSPS) is 18.1. The van der Waals surface area contributed by atoms with Crippen LogP contribution >= 0.6 is 11.3 Å². The summed E-state index contributed by atoms with van der Waals surface area (Å²) in [6, 6.07) is 23.2. The number of Topliss-reactive ketones (excluding diaryl/α,β-unsaturated/α-hetero) is 1. The number of aryl methyl sites for hydroxylation is 1. The van der Waals surface area contributed by atoms with Gasteiger partial charge in [0.1, 0.15) is 5.76 Å². The fraction of sp³-hybridized carbons (Fsp3) is 0.0800. The molecule has 0 aliphatic carbocycles. The summed E-state index contributed by atoms with van der Waals surface area (Å²) in [6.07, 6.45) is 0. The Morgan fingerprint density at radius 1 is 0.968 bits per heavy atom. The summed E-state index contributed by atoms with van der Waals surface area (Å²) in [7, 11) is 0. The molecule has 0 saturated carbocycles. The van der Waals surface area contributed by atoms with Crippen molar-refractivity contribution in [2.24, 2.45) is 0 Å². The molecule has 0 radical (unpaired) electrons. The summed E-state index contributed by atoms with van der Waals surface area (Å²) < 4.78 is 0.937. The highest BCUT2D eigenvalue weighted by Gasteiger charge is 2.48. The van der Waals surface area contributed by atoms with Gasteiger partial charge in [-0.05, 0) is 30.2 Å². The van der Waals surface area contributed by atoms with E-state index in [0.717, 1.165) is 21.3 Å². The standard InChI is InChI=1S/C25H18N2O3S/c1-15-12-13-18-19(14-15)31-25(26-18)27-21(16-8-4-2-5-9-16)20(23(29)24(27)30)22(28)17-10-6-3-7-11-17/h2-14,21,28H,1H3/b22-20+. The number of anilines is 1. The van der Waals surface area contributed by atoms with Crippen LogP contribution in [-0.4, -0.2) is 21.8 Å². The minimum absolute atomic E-state index is 0.0674. The van der Waals surface area contributed by atoms with E-state index < -0.39 is 17.7 Å². The van der Waals surface area contributed by atoms with E-state index in [2.05, 4.69) is 4.98 Å². The summed E-state index contributed by atoms with van der Waals surface area (Å²) in [5, 5.41) is 11.5. The lowest BCUT2D eigenvalue weighted by molar-refractivity contribution is -0.132. The fourth-order valence-electron chi connectivity index (χ4n) is 3.85. The molecule has 1 saturated heterocycles. The number of amides is 1. The number of nitrogens with zero attached hydrogens (tertiary/aromatic N) is 2. The number of aliphatic hydroxyl groups excluding tert-OH is 1. The highest BCUT2D eigenvalue weighted by molar-refractivity contribution is 7.22. The minimum atomic E-state index is -0.761. The predicted octanol–water partition coefficient (Wildman–Crippen LogP) is 5.23. The molecule has 1 aromatic heterocycles. The fourth-order valence-corrected chi connectivity index (χ4v) is 4.95. The molecule has 1 unspecified atom stereocenters. The summed E-state index contributed by atoms with van der Waals surface area (Å²) in [5.74, 6) is -1.60. The van der Waals surface area contributed by atoms with Crippen molar-refractivity contribution in [3.05, 3.63) is 101 Å². The van der Waals surface area contributed by atoms with Crippen molar-refractivity contribution in [1.82, 2.24) is 4.98 Å². The number of hydrogen-bond donors (Lipinski definition) is 1. The smallest absolute Gasteiger partial charge is 0.301 e. The predicted molar refractivity (Wildman–Crippen MR) is 122 cm³/mol. The zero-order chi connectivity index (χ0) is 21.5. The number of fused-ring (bicyclic) bond motifs is 1. The van der Waals surface area contributed by atoms with Crippen LogP contribution in [0.2, 0.25) is 0 Å². The number of aromatic nitrogens is 1. The first-order valence-electron chi connectivity index (χ1n) is 9.83. The van der Waals surface area contributed by atoms with Gasteiger partial charge in [-0.3, -0.25) is 14.5 Å². The van der Waals surface area contributed by atoms with Crippen LogP contribution in [0.25, 0.3) is 16.0 Å². The average Bonchev–Trinajstić information content (AvgIpc) is 3.32. The van der Waals surface area contributed by atoms with Crippen molar-refractivity contribution in [3.63, 3.8) is 0 Å². The van der Waals surface area contributed by atoms with Gasteiger partial charge in [0.15, 0.2) is 5.13 Å². The van der Waals surface area contributed by atoms with E-state index in [-0.39, 0.29) is 11.3 Å². The first-order valence-corrected chi connectivity index (χ1v) is 10.6. The topological polar surface area (TPSA) is 70.5 Å². The van der Waals surface area contributed by atoms with Crippen molar-refractivity contribution in [1.29, 1.82) is 0 Å². The van der Waals surface area contributed by atoms with Crippen LogP contribution in [0.4, 0.5) is 5.13 Å². The Balaban J connectivity index is 1.73. The number of carbonyl (C=O) groups excluding carboxylic acids is 2. The monoisotopic (exact) mass is 426 g/mol. The van der Waals surface area contributed by atoms with E-state index in [1.807, 2.05) is 61.5 Å². The summed E-state index contributed by atoms with van der Waals surface area (Å²) in [4.78, 5) is 32.3. The Morgan fingerprint density at radius 2 is 1.65 bits per heavy atom. The van der Waals surface area contributed by atoms with Gasteiger partial charge in [-0.1, -0.05) is 78.1 Å². The molecular formula is C25H18N2O3S. The SMILES string of the molecule is Cc1ccc2nc(N3C(=O)C(=O)/C(=C(/O)c4ccccc4)C3c3ccccc3)sc2c1.